The third-order valence-corrected chi connectivity index (χ3v) is 2.44. The normalized spacial score (nSPS) is 10.4. The van der Waals surface area contributed by atoms with Gasteiger partial charge in [-0.25, -0.2) is 4.39 Å². The number of halogens is 1. The number of hydrogen-bond acceptors (Lipinski definition) is 2. The summed E-state index contributed by atoms with van der Waals surface area (Å²) in [6.07, 6.45) is 1.74. The molecule has 0 aliphatic carbocycles. The molecule has 0 spiro atoms. The van der Waals surface area contributed by atoms with Gasteiger partial charge in [-0.05, 0) is 36.8 Å². The number of nitrogens with one attached hydrogen (secondary N) is 1. The summed E-state index contributed by atoms with van der Waals surface area (Å²) in [5.41, 5.74) is 2.76. The minimum absolute atomic E-state index is 0.215. The van der Waals surface area contributed by atoms with E-state index in [9.17, 15) is 4.39 Å². The summed E-state index contributed by atoms with van der Waals surface area (Å²) in [6.45, 7) is 2.51. The van der Waals surface area contributed by atoms with E-state index < -0.39 is 0 Å². The van der Waals surface area contributed by atoms with Gasteiger partial charge in [-0.3, -0.25) is 4.68 Å². The molecule has 0 radical (unpaired) electrons. The minimum Gasteiger partial charge on any atom is -0.379 e. The average Bonchev–Trinajstić information content (AvgIpc) is 2.59. The number of anilines is 1. The smallest absolute Gasteiger partial charge is 0.125 e. The van der Waals surface area contributed by atoms with E-state index in [1.807, 2.05) is 26.1 Å². The maximum absolute atomic E-state index is 13.1. The van der Waals surface area contributed by atoms with Crippen molar-refractivity contribution in [2.24, 2.45) is 7.05 Å². The van der Waals surface area contributed by atoms with Crippen molar-refractivity contribution in [2.75, 3.05) is 5.32 Å². The van der Waals surface area contributed by atoms with Crippen molar-refractivity contribution in [3.63, 3.8) is 0 Å². The predicted octanol–water partition coefficient (Wildman–Crippen LogP) is 2.48. The first-order chi connectivity index (χ1) is 7.65. The summed E-state index contributed by atoms with van der Waals surface area (Å²) in [7, 11) is 1.88. The van der Waals surface area contributed by atoms with E-state index in [0.717, 1.165) is 16.9 Å². The zero-order valence-electron chi connectivity index (χ0n) is 9.37. The molecule has 1 heterocycles. The number of aromatic nitrogens is 2. The van der Waals surface area contributed by atoms with Crippen LogP contribution in [0.15, 0.2) is 30.5 Å². The van der Waals surface area contributed by atoms with Gasteiger partial charge in [-0.2, -0.15) is 5.10 Å². The van der Waals surface area contributed by atoms with Crippen molar-refractivity contribution in [1.29, 1.82) is 0 Å². The fraction of sp³-hybridized carbons (Fsp3) is 0.250. The summed E-state index contributed by atoms with van der Waals surface area (Å²) >= 11 is 0. The van der Waals surface area contributed by atoms with Crippen LogP contribution in [-0.4, -0.2) is 9.78 Å². The summed E-state index contributed by atoms with van der Waals surface area (Å²) in [4.78, 5) is 0. The summed E-state index contributed by atoms with van der Waals surface area (Å²) in [6, 6.07) is 6.84. The molecule has 0 saturated heterocycles. The van der Waals surface area contributed by atoms with Gasteiger partial charge in [-0.15, -0.1) is 0 Å². The quantitative estimate of drug-likeness (QED) is 0.859. The highest BCUT2D eigenvalue weighted by atomic mass is 19.1. The highest BCUT2D eigenvalue weighted by Gasteiger charge is 2.00. The molecular weight excluding hydrogens is 205 g/mol. The molecule has 0 aliphatic heterocycles. The van der Waals surface area contributed by atoms with Crippen LogP contribution in [0.1, 0.15) is 11.3 Å². The van der Waals surface area contributed by atoms with Gasteiger partial charge in [-0.1, -0.05) is 0 Å². The Morgan fingerprint density at radius 1 is 1.38 bits per heavy atom. The van der Waals surface area contributed by atoms with Crippen LogP contribution in [0.2, 0.25) is 0 Å². The van der Waals surface area contributed by atoms with Gasteiger partial charge in [0.1, 0.15) is 5.82 Å². The van der Waals surface area contributed by atoms with Gasteiger partial charge in [0.2, 0.25) is 0 Å². The Morgan fingerprint density at radius 2 is 2.19 bits per heavy atom. The van der Waals surface area contributed by atoms with Crippen molar-refractivity contribution in [2.45, 2.75) is 13.5 Å². The maximum Gasteiger partial charge on any atom is 0.125 e. The Labute approximate surface area is 93.9 Å². The molecule has 0 aliphatic rings. The molecule has 0 amide bonds. The highest BCUT2D eigenvalue weighted by Crippen LogP contribution is 2.14. The lowest BCUT2D eigenvalue weighted by Crippen LogP contribution is -2.05. The lowest BCUT2D eigenvalue weighted by Gasteiger charge is -2.07. The molecule has 0 bridgehead atoms. The van der Waals surface area contributed by atoms with Crippen LogP contribution >= 0.6 is 0 Å². The van der Waals surface area contributed by atoms with Crippen molar-refractivity contribution in [3.8, 4) is 0 Å². The van der Waals surface area contributed by atoms with Crippen LogP contribution in [-0.2, 0) is 13.6 Å². The van der Waals surface area contributed by atoms with Crippen LogP contribution < -0.4 is 5.32 Å². The highest BCUT2D eigenvalue weighted by molar-refractivity contribution is 5.46. The monoisotopic (exact) mass is 219 g/mol. The van der Waals surface area contributed by atoms with Gasteiger partial charge in [0.15, 0.2) is 0 Å². The Morgan fingerprint density at radius 3 is 2.81 bits per heavy atom. The number of hydrogen-bond donors (Lipinski definition) is 1. The van der Waals surface area contributed by atoms with Gasteiger partial charge in [0, 0.05) is 18.9 Å². The maximum atomic E-state index is 13.1. The topological polar surface area (TPSA) is 29.9 Å². The van der Waals surface area contributed by atoms with E-state index in [1.165, 1.54) is 12.1 Å². The van der Waals surface area contributed by atoms with E-state index in [1.54, 1.807) is 10.9 Å². The molecule has 1 N–H and O–H groups in total. The Kier molecular flexibility index (Phi) is 2.90. The summed E-state index contributed by atoms with van der Waals surface area (Å²) in [5, 5.41) is 7.24. The van der Waals surface area contributed by atoms with Crippen LogP contribution in [0.3, 0.4) is 0 Å². The third kappa shape index (κ3) is 2.39. The molecule has 16 heavy (non-hydrogen) atoms. The van der Waals surface area contributed by atoms with E-state index in [2.05, 4.69) is 10.4 Å². The molecule has 3 nitrogen and oxygen atoms in total. The molecule has 84 valence electrons. The van der Waals surface area contributed by atoms with Crippen LogP contribution in [0, 0.1) is 12.7 Å². The first-order valence-corrected chi connectivity index (χ1v) is 5.13. The molecule has 1 aromatic heterocycles. The minimum atomic E-state index is -0.215. The van der Waals surface area contributed by atoms with Gasteiger partial charge >= 0.3 is 0 Å². The van der Waals surface area contributed by atoms with Crippen LogP contribution in [0.4, 0.5) is 10.1 Å². The first kappa shape index (κ1) is 10.7. The largest absolute Gasteiger partial charge is 0.379 e. The molecule has 0 saturated carbocycles. The average molecular weight is 219 g/mol. The second kappa shape index (κ2) is 4.35. The Bertz CT molecular complexity index is 471. The second-order valence-corrected chi connectivity index (χ2v) is 3.82. The summed E-state index contributed by atoms with van der Waals surface area (Å²) < 4.78 is 14.9. The Hall–Kier alpha value is -1.84. The van der Waals surface area contributed by atoms with Crippen molar-refractivity contribution in [3.05, 3.63) is 47.5 Å². The SMILES string of the molecule is Cc1cc(F)cc(NCc2ccnn2C)c1. The number of nitrogens with zero attached hydrogens (tertiary/aromatic N) is 2. The Balaban J connectivity index is 2.07. The molecule has 0 fully saturated rings. The van der Waals surface area contributed by atoms with Crippen LogP contribution in [0.5, 0.6) is 0 Å². The van der Waals surface area contributed by atoms with Gasteiger partial charge in [0.25, 0.3) is 0 Å². The molecular formula is C12H14FN3. The molecule has 2 rings (SSSR count). The fourth-order valence-electron chi connectivity index (χ4n) is 1.61. The molecule has 0 unspecified atom stereocenters. The number of aryl methyl sites for hydroxylation is 2. The van der Waals surface area contributed by atoms with E-state index in [0.29, 0.717) is 6.54 Å². The van der Waals surface area contributed by atoms with Crippen LogP contribution in [0.25, 0.3) is 0 Å². The van der Waals surface area contributed by atoms with E-state index in [-0.39, 0.29) is 5.82 Å². The zero-order valence-corrected chi connectivity index (χ0v) is 9.37. The molecule has 1 aromatic carbocycles. The van der Waals surface area contributed by atoms with Gasteiger partial charge < -0.3 is 5.32 Å². The van der Waals surface area contributed by atoms with Crippen molar-refractivity contribution < 1.29 is 4.39 Å². The lowest BCUT2D eigenvalue weighted by molar-refractivity contribution is 0.627. The van der Waals surface area contributed by atoms with Crippen molar-refractivity contribution in [1.82, 2.24) is 9.78 Å². The number of benzene rings is 1. The fourth-order valence-corrected chi connectivity index (χ4v) is 1.61. The standard InChI is InChI=1S/C12H14FN3/c1-9-5-10(13)7-11(6-9)14-8-12-3-4-15-16(12)2/h3-7,14H,8H2,1-2H3. The molecule has 0 atom stereocenters. The predicted molar refractivity (Wildman–Crippen MR) is 61.7 cm³/mol. The lowest BCUT2D eigenvalue weighted by atomic mass is 10.2. The molecule has 4 heteroatoms. The van der Waals surface area contributed by atoms with E-state index in [4.69, 9.17) is 0 Å². The van der Waals surface area contributed by atoms with Gasteiger partial charge in [0.05, 0.1) is 12.2 Å². The third-order valence-electron chi connectivity index (χ3n) is 2.44. The summed E-state index contributed by atoms with van der Waals surface area (Å²) in [5.74, 6) is -0.215. The number of rotatable bonds is 3. The molecule has 2 aromatic rings. The second-order valence-electron chi connectivity index (χ2n) is 3.82. The van der Waals surface area contributed by atoms with E-state index >= 15 is 0 Å². The zero-order chi connectivity index (χ0) is 11.5. The first-order valence-electron chi connectivity index (χ1n) is 5.13. The van der Waals surface area contributed by atoms with Crippen molar-refractivity contribution >= 4 is 5.69 Å².